The number of hydrogen-bond donors (Lipinski definition) is 0. The Balaban J connectivity index is 1.31. The van der Waals surface area contributed by atoms with Crippen LogP contribution in [0.2, 0.25) is 0 Å². The number of aromatic nitrogens is 1. The molecule has 3 aliphatic rings. The first-order valence-electron chi connectivity index (χ1n) is 10.4. The number of rotatable bonds is 6. The Bertz CT molecular complexity index is 978. The van der Waals surface area contributed by atoms with Gasteiger partial charge in [0.1, 0.15) is 5.60 Å². The summed E-state index contributed by atoms with van der Waals surface area (Å²) in [5.41, 5.74) is 1.55. The van der Waals surface area contributed by atoms with Crippen LogP contribution in [0.1, 0.15) is 11.1 Å². The number of benzene rings is 1. The van der Waals surface area contributed by atoms with E-state index in [1.807, 2.05) is 59.5 Å². The van der Waals surface area contributed by atoms with E-state index in [1.54, 1.807) is 24.3 Å². The number of fused-ring (bicyclic) bond motifs is 1. The van der Waals surface area contributed by atoms with E-state index in [4.69, 9.17) is 4.74 Å². The van der Waals surface area contributed by atoms with E-state index in [9.17, 15) is 9.59 Å². The van der Waals surface area contributed by atoms with Crippen LogP contribution < -0.4 is 0 Å². The zero-order valence-corrected chi connectivity index (χ0v) is 17.0. The predicted molar refractivity (Wildman–Crippen MR) is 111 cm³/mol. The fraction of sp³-hybridized carbons (Fsp3) is 0.375. The van der Waals surface area contributed by atoms with Crippen molar-refractivity contribution in [1.82, 2.24) is 14.8 Å². The summed E-state index contributed by atoms with van der Waals surface area (Å²) in [5.74, 6) is -0.885. The fourth-order valence-electron chi connectivity index (χ4n) is 5.05. The highest BCUT2D eigenvalue weighted by molar-refractivity contribution is 5.93. The second-order valence-electron chi connectivity index (χ2n) is 8.45. The van der Waals surface area contributed by atoms with Crippen molar-refractivity contribution in [2.75, 3.05) is 20.1 Å². The van der Waals surface area contributed by atoms with Gasteiger partial charge in [0.2, 0.25) is 11.8 Å². The summed E-state index contributed by atoms with van der Waals surface area (Å²) in [5, 5.41) is 0. The van der Waals surface area contributed by atoms with Crippen molar-refractivity contribution >= 4 is 11.8 Å². The second-order valence-corrected chi connectivity index (χ2v) is 8.45. The maximum atomic E-state index is 13.3. The molecule has 3 aliphatic heterocycles. The molecular formula is C24H25N3O3. The zero-order chi connectivity index (χ0) is 20.7. The monoisotopic (exact) mass is 403 g/mol. The van der Waals surface area contributed by atoms with Crippen LogP contribution in [0.4, 0.5) is 0 Å². The molecule has 4 heterocycles. The van der Waals surface area contributed by atoms with Crippen LogP contribution in [0.15, 0.2) is 67.0 Å². The minimum absolute atomic E-state index is 0.0237. The van der Waals surface area contributed by atoms with Gasteiger partial charge >= 0.3 is 0 Å². The summed E-state index contributed by atoms with van der Waals surface area (Å²) in [6, 6.07) is 13.8. The maximum absolute atomic E-state index is 13.3. The lowest BCUT2D eigenvalue weighted by atomic mass is 9.76. The van der Waals surface area contributed by atoms with Gasteiger partial charge in [-0.2, -0.15) is 0 Å². The van der Waals surface area contributed by atoms with Crippen LogP contribution in [-0.2, 0) is 27.3 Å². The van der Waals surface area contributed by atoms with Crippen molar-refractivity contribution in [1.29, 1.82) is 0 Å². The molecule has 6 heteroatoms. The minimum atomic E-state index is -0.659. The maximum Gasteiger partial charge on any atom is 0.230 e. The topological polar surface area (TPSA) is 62.7 Å². The van der Waals surface area contributed by atoms with Crippen LogP contribution in [-0.4, -0.2) is 58.4 Å². The third-order valence-electron chi connectivity index (χ3n) is 6.52. The largest absolute Gasteiger partial charge is 0.360 e. The molecule has 1 spiro atoms. The van der Waals surface area contributed by atoms with Crippen LogP contribution in [0.3, 0.4) is 0 Å². The molecule has 30 heavy (non-hydrogen) atoms. The van der Waals surface area contributed by atoms with Crippen molar-refractivity contribution in [3.63, 3.8) is 0 Å². The van der Waals surface area contributed by atoms with E-state index in [0.717, 1.165) is 17.5 Å². The van der Waals surface area contributed by atoms with Crippen LogP contribution in [0, 0.1) is 11.8 Å². The molecule has 2 amide bonds. The van der Waals surface area contributed by atoms with Gasteiger partial charge in [-0.1, -0.05) is 42.5 Å². The lowest BCUT2D eigenvalue weighted by Crippen LogP contribution is -2.44. The van der Waals surface area contributed by atoms with Crippen LogP contribution >= 0.6 is 0 Å². The molecule has 0 aliphatic carbocycles. The molecule has 5 rings (SSSR count). The average Bonchev–Trinajstić information content (AvgIpc) is 3.41. The van der Waals surface area contributed by atoms with E-state index in [2.05, 4.69) is 4.98 Å². The molecule has 154 valence electrons. The molecular weight excluding hydrogens is 378 g/mol. The number of hydrogen-bond acceptors (Lipinski definition) is 4. The summed E-state index contributed by atoms with van der Waals surface area (Å²) >= 11 is 0. The predicted octanol–water partition coefficient (Wildman–Crippen LogP) is 2.06. The third-order valence-corrected chi connectivity index (χ3v) is 6.52. The molecule has 2 fully saturated rings. The molecule has 1 aromatic carbocycles. The number of likely N-dealkylation sites (tertiary alicyclic amines) is 1. The molecule has 4 atom stereocenters. The van der Waals surface area contributed by atoms with Crippen LogP contribution in [0.25, 0.3) is 0 Å². The number of nitrogens with zero attached hydrogens (tertiary/aromatic N) is 3. The SMILES string of the molecule is CN(Cc1ccccc1)C(=O)C1C2C(=O)N(CCc3ccncc3)C[C@@]23C=C[C@@H]1O3. The number of carbonyl (C=O) groups excluding carboxylic acids is 2. The minimum Gasteiger partial charge on any atom is -0.360 e. The van der Waals surface area contributed by atoms with Gasteiger partial charge in [0, 0.05) is 32.5 Å². The van der Waals surface area contributed by atoms with Gasteiger partial charge in [0.05, 0.1) is 24.5 Å². The quantitative estimate of drug-likeness (QED) is 0.693. The Kier molecular flexibility index (Phi) is 4.66. The van der Waals surface area contributed by atoms with Crippen molar-refractivity contribution in [2.24, 2.45) is 11.8 Å². The summed E-state index contributed by atoms with van der Waals surface area (Å²) < 4.78 is 6.24. The standard InChI is InChI=1S/C24H25N3O3/c1-26(15-18-5-3-2-4-6-18)22(28)20-19-7-11-24(30-19)16-27(23(29)21(20)24)14-10-17-8-12-25-13-9-17/h2-9,11-13,19-21H,10,14-16H2,1H3/t19-,20?,21?,24-/m0/s1. The van der Waals surface area contributed by atoms with Crippen molar-refractivity contribution < 1.29 is 14.3 Å². The fourth-order valence-corrected chi connectivity index (χ4v) is 5.05. The Morgan fingerprint density at radius 1 is 1.20 bits per heavy atom. The Morgan fingerprint density at radius 2 is 1.97 bits per heavy atom. The van der Waals surface area contributed by atoms with Gasteiger partial charge in [-0.15, -0.1) is 0 Å². The highest BCUT2D eigenvalue weighted by Gasteiger charge is 2.66. The van der Waals surface area contributed by atoms with E-state index in [1.165, 1.54) is 0 Å². The van der Waals surface area contributed by atoms with Gasteiger partial charge in [-0.05, 0) is 29.7 Å². The summed E-state index contributed by atoms with van der Waals surface area (Å²) in [6.07, 6.45) is 7.95. The van der Waals surface area contributed by atoms with Crippen LogP contribution in [0.5, 0.6) is 0 Å². The molecule has 2 unspecified atom stereocenters. The van der Waals surface area contributed by atoms with Crippen molar-refractivity contribution in [3.8, 4) is 0 Å². The van der Waals surface area contributed by atoms with Gasteiger partial charge in [-0.3, -0.25) is 14.6 Å². The molecule has 0 N–H and O–H groups in total. The molecule has 2 aromatic rings. The van der Waals surface area contributed by atoms with Crippen molar-refractivity contribution in [2.45, 2.75) is 24.7 Å². The Labute approximate surface area is 176 Å². The van der Waals surface area contributed by atoms with Gasteiger partial charge < -0.3 is 14.5 Å². The lowest BCUT2D eigenvalue weighted by molar-refractivity contribution is -0.142. The van der Waals surface area contributed by atoms with Crippen molar-refractivity contribution in [3.05, 3.63) is 78.1 Å². The second kappa shape index (κ2) is 7.36. The average molecular weight is 403 g/mol. The number of carbonyl (C=O) groups is 2. The third kappa shape index (κ3) is 3.12. The zero-order valence-electron chi connectivity index (χ0n) is 17.0. The Hall–Kier alpha value is -2.99. The molecule has 0 saturated carbocycles. The van der Waals surface area contributed by atoms with E-state index in [-0.39, 0.29) is 17.9 Å². The first-order chi connectivity index (χ1) is 14.6. The normalized spacial score (nSPS) is 28.8. The Morgan fingerprint density at radius 3 is 2.73 bits per heavy atom. The first kappa shape index (κ1) is 19.0. The van der Waals surface area contributed by atoms with E-state index >= 15 is 0 Å². The molecule has 2 bridgehead atoms. The van der Waals surface area contributed by atoms with E-state index < -0.39 is 17.4 Å². The summed E-state index contributed by atoms with van der Waals surface area (Å²) in [4.78, 5) is 34.3. The van der Waals surface area contributed by atoms with E-state index in [0.29, 0.717) is 19.6 Å². The number of ether oxygens (including phenoxy) is 1. The van der Waals surface area contributed by atoms with Gasteiger partial charge in [-0.25, -0.2) is 0 Å². The molecule has 2 saturated heterocycles. The highest BCUT2D eigenvalue weighted by atomic mass is 16.5. The van der Waals surface area contributed by atoms with Gasteiger partial charge in [0.15, 0.2) is 0 Å². The summed E-state index contributed by atoms with van der Waals surface area (Å²) in [6.45, 7) is 1.65. The number of amides is 2. The first-order valence-corrected chi connectivity index (χ1v) is 10.4. The summed E-state index contributed by atoms with van der Waals surface area (Å²) in [7, 11) is 1.80. The molecule has 0 radical (unpaired) electrons. The molecule has 1 aromatic heterocycles. The smallest absolute Gasteiger partial charge is 0.230 e. The highest BCUT2D eigenvalue weighted by Crippen LogP contribution is 2.52. The lowest BCUT2D eigenvalue weighted by Gasteiger charge is -2.28. The number of pyridine rings is 1. The van der Waals surface area contributed by atoms with Gasteiger partial charge in [0.25, 0.3) is 0 Å². The molecule has 6 nitrogen and oxygen atoms in total.